The van der Waals surface area contributed by atoms with Gasteiger partial charge in [0.1, 0.15) is 0 Å². The summed E-state index contributed by atoms with van der Waals surface area (Å²) in [4.78, 5) is 37.6. The lowest BCUT2D eigenvalue weighted by molar-refractivity contribution is -0.129. The van der Waals surface area contributed by atoms with Gasteiger partial charge in [-0.05, 0) is 49.3 Å². The van der Waals surface area contributed by atoms with E-state index < -0.39 is 22.1 Å². The molecule has 0 saturated heterocycles. The number of nitrogens with one attached hydrogen (secondary N) is 2. The van der Waals surface area contributed by atoms with Gasteiger partial charge in [0.15, 0.2) is 5.78 Å². The number of hydrogen-bond donors (Lipinski definition) is 2. The molecule has 1 aromatic carbocycles. The largest absolute Gasteiger partial charge is 0.347 e. The summed E-state index contributed by atoms with van der Waals surface area (Å²) < 4.78 is 27.3. The molecule has 1 unspecified atom stereocenters. The van der Waals surface area contributed by atoms with E-state index in [4.69, 9.17) is 15.4 Å². The summed E-state index contributed by atoms with van der Waals surface area (Å²) in [7, 11) is -3.84. The maximum absolute atomic E-state index is 12.7. The van der Waals surface area contributed by atoms with Gasteiger partial charge < -0.3 is 10.6 Å². The zero-order valence-corrected chi connectivity index (χ0v) is 24.0. The molecule has 0 radical (unpaired) electrons. The number of rotatable bonds is 14. The van der Waals surface area contributed by atoms with Crippen molar-refractivity contribution in [2.45, 2.75) is 77.7 Å². The van der Waals surface area contributed by atoms with Crippen LogP contribution in [0.15, 0.2) is 18.2 Å². The summed E-state index contributed by atoms with van der Waals surface area (Å²) in [6.07, 6.45) is 4.52. The Balaban J connectivity index is 2.69. The maximum Gasteiger partial charge on any atom is 0.264 e. The SMILES string of the molecule is CCc1cc(COS(C)(=O)=O)cc(NC(=O)[C@H](C)CC(=O)[C@H](C)NC(=O)CCC(C)(C)S(C)=S)c1. The fourth-order valence-corrected chi connectivity index (χ4v) is 4.08. The van der Waals surface area contributed by atoms with Gasteiger partial charge >= 0.3 is 0 Å². The molecule has 0 aliphatic heterocycles. The van der Waals surface area contributed by atoms with Crippen molar-refractivity contribution < 1.29 is 27.0 Å². The first kappa shape index (κ1) is 31.3. The number of ketones is 1. The molecule has 0 aliphatic rings. The Labute approximate surface area is 216 Å². The highest BCUT2D eigenvalue weighted by molar-refractivity contribution is 8.29. The van der Waals surface area contributed by atoms with E-state index in [1.165, 1.54) is 0 Å². The second-order valence-electron chi connectivity index (χ2n) is 9.42. The molecular formula is C24H38N2O6S3. The number of anilines is 1. The molecule has 0 aliphatic carbocycles. The first-order valence-corrected chi connectivity index (χ1v) is 15.8. The first-order valence-electron chi connectivity index (χ1n) is 11.5. The van der Waals surface area contributed by atoms with Crippen LogP contribution in [0, 0.1) is 5.92 Å². The Morgan fingerprint density at radius 1 is 1.14 bits per heavy atom. The molecular weight excluding hydrogens is 508 g/mol. The molecule has 8 nitrogen and oxygen atoms in total. The summed E-state index contributed by atoms with van der Waals surface area (Å²) in [5.41, 5.74) is 2.02. The lowest BCUT2D eigenvalue weighted by Gasteiger charge is -2.24. The van der Waals surface area contributed by atoms with Crippen LogP contribution in [0.4, 0.5) is 5.69 Å². The summed E-state index contributed by atoms with van der Waals surface area (Å²) in [5.74, 6) is -1.41. The van der Waals surface area contributed by atoms with Crippen LogP contribution >= 0.6 is 0 Å². The summed E-state index contributed by atoms with van der Waals surface area (Å²) in [5, 5.41) is 5.51. The number of carbonyl (C=O) groups excluding carboxylic acids is 3. The van der Waals surface area contributed by atoms with E-state index in [2.05, 4.69) is 10.6 Å². The molecule has 0 spiro atoms. The number of benzene rings is 1. The molecule has 0 saturated carbocycles. The zero-order chi connectivity index (χ0) is 27.0. The van der Waals surface area contributed by atoms with Gasteiger partial charge in [-0.2, -0.15) is 8.42 Å². The zero-order valence-electron chi connectivity index (χ0n) is 21.6. The third-order valence-corrected chi connectivity index (χ3v) is 9.38. The quantitative estimate of drug-likeness (QED) is 0.344. The van der Waals surface area contributed by atoms with Gasteiger partial charge in [0.05, 0.1) is 18.9 Å². The summed E-state index contributed by atoms with van der Waals surface area (Å²) in [6.45, 7) is 9.13. The van der Waals surface area contributed by atoms with Crippen LogP contribution in [-0.4, -0.2) is 49.3 Å². The molecule has 0 bridgehead atoms. The highest BCUT2D eigenvalue weighted by Crippen LogP contribution is 2.20. The van der Waals surface area contributed by atoms with Gasteiger partial charge in [0, 0.05) is 29.2 Å². The molecule has 35 heavy (non-hydrogen) atoms. The van der Waals surface area contributed by atoms with Crippen molar-refractivity contribution in [2.24, 2.45) is 5.92 Å². The molecule has 2 amide bonds. The van der Waals surface area contributed by atoms with Gasteiger partial charge in [0.2, 0.25) is 11.8 Å². The van der Waals surface area contributed by atoms with Crippen molar-refractivity contribution in [3.05, 3.63) is 29.3 Å². The lowest BCUT2D eigenvalue weighted by atomic mass is 9.99. The highest BCUT2D eigenvalue weighted by atomic mass is 32.8. The maximum atomic E-state index is 12.7. The summed E-state index contributed by atoms with van der Waals surface area (Å²) in [6, 6.07) is 4.55. The molecule has 1 rings (SSSR count). The smallest absolute Gasteiger partial charge is 0.264 e. The van der Waals surface area contributed by atoms with Crippen LogP contribution < -0.4 is 10.6 Å². The number of amides is 2. The van der Waals surface area contributed by atoms with Crippen LogP contribution in [0.1, 0.15) is 65.0 Å². The van der Waals surface area contributed by atoms with Crippen molar-refractivity contribution in [1.29, 1.82) is 0 Å². The fourth-order valence-electron chi connectivity index (χ4n) is 3.09. The van der Waals surface area contributed by atoms with Gasteiger partial charge in [-0.15, -0.1) is 9.45 Å². The van der Waals surface area contributed by atoms with Crippen LogP contribution in [0.3, 0.4) is 0 Å². The van der Waals surface area contributed by atoms with Crippen LogP contribution in [0.25, 0.3) is 0 Å². The van der Waals surface area contributed by atoms with Crippen molar-refractivity contribution in [1.82, 2.24) is 5.32 Å². The summed E-state index contributed by atoms with van der Waals surface area (Å²) >= 11 is 5.34. The van der Waals surface area contributed by atoms with Crippen molar-refractivity contribution in [3.63, 3.8) is 0 Å². The third-order valence-electron chi connectivity index (χ3n) is 5.72. The minimum atomic E-state index is -3.60. The van der Waals surface area contributed by atoms with Gasteiger partial charge in [0.25, 0.3) is 10.1 Å². The monoisotopic (exact) mass is 546 g/mol. The molecule has 11 heteroatoms. The van der Waals surface area contributed by atoms with E-state index in [-0.39, 0.29) is 51.2 Å². The fraction of sp³-hybridized carbons (Fsp3) is 0.625. The lowest BCUT2D eigenvalue weighted by Crippen LogP contribution is -2.40. The molecule has 0 fully saturated rings. The highest BCUT2D eigenvalue weighted by Gasteiger charge is 2.24. The van der Waals surface area contributed by atoms with E-state index in [0.29, 0.717) is 24.1 Å². The van der Waals surface area contributed by atoms with Crippen molar-refractivity contribution in [2.75, 3.05) is 17.8 Å². The minimum absolute atomic E-state index is 0.0269. The standard InChI is InChI=1S/C24H38N2O6S3/c1-8-18-12-19(15-32-35(7,30)31)14-20(13-18)26-23(29)16(2)11-21(27)17(3)25-22(28)9-10-24(4,5)34(6)33/h12-14,16-17H,8-11,15H2,1-7H3,(H,25,28)(H,26,29)/t16-,17+,34?/m1/s1. The second-order valence-corrected chi connectivity index (χ2v) is 14.6. The average Bonchev–Trinajstić information content (AvgIpc) is 2.75. The molecule has 0 aromatic heterocycles. The van der Waals surface area contributed by atoms with E-state index in [1.807, 2.05) is 33.1 Å². The molecule has 198 valence electrons. The van der Waals surface area contributed by atoms with Gasteiger partial charge in [-0.1, -0.05) is 44.9 Å². The Kier molecular flexibility index (Phi) is 12.2. The average molecular weight is 547 g/mol. The first-order chi connectivity index (χ1) is 16.0. The second kappa shape index (κ2) is 13.6. The minimum Gasteiger partial charge on any atom is -0.347 e. The molecule has 1 aromatic rings. The van der Waals surface area contributed by atoms with Gasteiger partial charge in [-0.3, -0.25) is 18.6 Å². The van der Waals surface area contributed by atoms with Crippen molar-refractivity contribution in [3.8, 4) is 0 Å². The number of hydrogen-bond acceptors (Lipinski definition) is 7. The third kappa shape index (κ3) is 11.7. The van der Waals surface area contributed by atoms with E-state index >= 15 is 0 Å². The topological polar surface area (TPSA) is 119 Å². The molecule has 0 heterocycles. The van der Waals surface area contributed by atoms with Gasteiger partial charge in [-0.25, -0.2) is 0 Å². The predicted octanol–water partition coefficient (Wildman–Crippen LogP) is 3.03. The predicted molar refractivity (Wildman–Crippen MR) is 144 cm³/mol. The van der Waals surface area contributed by atoms with E-state index in [1.54, 1.807) is 26.0 Å². The van der Waals surface area contributed by atoms with Crippen molar-refractivity contribution >= 4 is 54.0 Å². The van der Waals surface area contributed by atoms with E-state index in [9.17, 15) is 22.8 Å². The van der Waals surface area contributed by atoms with E-state index in [0.717, 1.165) is 11.8 Å². The van der Waals surface area contributed by atoms with Crippen LogP contribution in [0.5, 0.6) is 0 Å². The van der Waals surface area contributed by atoms with Crippen LogP contribution in [-0.2, 0) is 62.4 Å². The number of Topliss-reactive ketones (excluding diaryl/α,β-unsaturated/α-hetero) is 1. The molecule has 2 N–H and O–H groups in total. The normalized spacial score (nSPS) is 14.6. The molecule has 3 atom stereocenters. The Morgan fingerprint density at radius 2 is 1.74 bits per heavy atom. The Bertz CT molecular complexity index is 1050. The number of aryl methyl sites for hydroxylation is 1. The van der Waals surface area contributed by atoms with Crippen LogP contribution in [0.2, 0.25) is 0 Å². The number of carbonyl (C=O) groups is 3. The Morgan fingerprint density at radius 3 is 2.29 bits per heavy atom. The Hall–Kier alpha value is -1.69.